The first-order chi connectivity index (χ1) is 23.0. The van der Waals surface area contributed by atoms with Gasteiger partial charge in [0, 0.05) is 11.3 Å². The SMILES string of the molecule is CCOC(=O)c1sc(NC(=O)C(C)Sc2nnc(CNC(=O)c3ccc(OC)c(OC)c3)n2-c2cccc(C)c2)c(C(=O)OCC)c1C. The fraction of sp³-hybridized carbons (Fsp3) is 0.333. The Morgan fingerprint density at radius 3 is 2.31 bits per heavy atom. The molecule has 15 heteroatoms. The molecule has 2 amide bonds. The Labute approximate surface area is 286 Å². The van der Waals surface area contributed by atoms with Crippen molar-refractivity contribution in [1.82, 2.24) is 20.1 Å². The van der Waals surface area contributed by atoms with Gasteiger partial charge in [0.2, 0.25) is 5.91 Å². The first kappa shape index (κ1) is 36.0. The van der Waals surface area contributed by atoms with Crippen LogP contribution >= 0.6 is 23.1 Å². The number of hydrogen-bond donors (Lipinski definition) is 2. The second-order valence-corrected chi connectivity index (χ2v) is 12.6. The number of hydrogen-bond acceptors (Lipinski definition) is 12. The minimum atomic E-state index is -0.726. The number of aryl methyl sites for hydroxylation is 1. The smallest absolute Gasteiger partial charge is 0.348 e. The van der Waals surface area contributed by atoms with E-state index in [4.69, 9.17) is 18.9 Å². The average molecular weight is 696 g/mol. The van der Waals surface area contributed by atoms with Crippen LogP contribution in [0.5, 0.6) is 11.5 Å². The highest BCUT2D eigenvalue weighted by atomic mass is 32.2. The molecule has 48 heavy (non-hydrogen) atoms. The van der Waals surface area contributed by atoms with Gasteiger partial charge >= 0.3 is 11.9 Å². The number of methoxy groups -OCH3 is 2. The van der Waals surface area contributed by atoms with Crippen molar-refractivity contribution in [2.75, 3.05) is 32.8 Å². The third-order valence-electron chi connectivity index (χ3n) is 6.99. The molecular weight excluding hydrogens is 659 g/mol. The van der Waals surface area contributed by atoms with Gasteiger partial charge in [-0.3, -0.25) is 14.2 Å². The highest BCUT2D eigenvalue weighted by Crippen LogP contribution is 2.35. The van der Waals surface area contributed by atoms with E-state index in [1.807, 2.05) is 31.2 Å². The number of esters is 2. The average Bonchev–Trinajstić information content (AvgIpc) is 3.62. The van der Waals surface area contributed by atoms with Crippen LogP contribution in [-0.2, 0) is 20.8 Å². The third kappa shape index (κ3) is 8.15. The van der Waals surface area contributed by atoms with Crippen molar-refractivity contribution in [1.29, 1.82) is 0 Å². The van der Waals surface area contributed by atoms with Crippen LogP contribution in [0.2, 0.25) is 0 Å². The summed E-state index contributed by atoms with van der Waals surface area (Å²) in [7, 11) is 3.01. The summed E-state index contributed by atoms with van der Waals surface area (Å²) in [5.74, 6) is -0.696. The molecule has 1 unspecified atom stereocenters. The molecule has 254 valence electrons. The molecule has 0 fully saturated rings. The third-order valence-corrected chi connectivity index (χ3v) is 9.22. The summed E-state index contributed by atoms with van der Waals surface area (Å²) in [4.78, 5) is 52.2. The lowest BCUT2D eigenvalue weighted by atomic mass is 10.1. The lowest BCUT2D eigenvalue weighted by Gasteiger charge is -2.15. The van der Waals surface area contributed by atoms with E-state index in [-0.39, 0.29) is 41.1 Å². The zero-order valence-electron chi connectivity index (χ0n) is 27.7. The van der Waals surface area contributed by atoms with Gasteiger partial charge in [0.25, 0.3) is 5.91 Å². The van der Waals surface area contributed by atoms with Crippen molar-refractivity contribution < 1.29 is 38.1 Å². The summed E-state index contributed by atoms with van der Waals surface area (Å²) < 4.78 is 22.7. The summed E-state index contributed by atoms with van der Waals surface area (Å²) in [6.07, 6.45) is 0. The molecule has 2 heterocycles. The van der Waals surface area contributed by atoms with E-state index in [9.17, 15) is 19.2 Å². The summed E-state index contributed by atoms with van der Waals surface area (Å²) in [6, 6.07) is 12.5. The van der Waals surface area contributed by atoms with Gasteiger partial charge in [-0.1, -0.05) is 23.9 Å². The maximum Gasteiger partial charge on any atom is 0.348 e. The highest BCUT2D eigenvalue weighted by Gasteiger charge is 2.29. The van der Waals surface area contributed by atoms with Crippen LogP contribution < -0.4 is 20.1 Å². The van der Waals surface area contributed by atoms with E-state index < -0.39 is 23.1 Å². The molecule has 0 radical (unpaired) electrons. The molecule has 0 bridgehead atoms. The summed E-state index contributed by atoms with van der Waals surface area (Å²) in [6.45, 7) is 8.90. The Kier molecular flexibility index (Phi) is 12.2. The number of aromatic nitrogens is 3. The molecule has 0 spiro atoms. The van der Waals surface area contributed by atoms with Gasteiger partial charge in [-0.2, -0.15) is 0 Å². The number of anilines is 1. The summed E-state index contributed by atoms with van der Waals surface area (Å²) >= 11 is 2.09. The van der Waals surface area contributed by atoms with Crippen molar-refractivity contribution in [3.8, 4) is 17.2 Å². The van der Waals surface area contributed by atoms with Gasteiger partial charge < -0.3 is 29.6 Å². The van der Waals surface area contributed by atoms with Gasteiger partial charge in [0.15, 0.2) is 22.5 Å². The van der Waals surface area contributed by atoms with Crippen LogP contribution in [0, 0.1) is 13.8 Å². The summed E-state index contributed by atoms with van der Waals surface area (Å²) in [5, 5.41) is 14.2. The number of nitrogens with zero attached hydrogens (tertiary/aromatic N) is 3. The molecular formula is C33H37N5O8S2. The minimum absolute atomic E-state index is 0.0310. The number of nitrogens with one attached hydrogen (secondary N) is 2. The lowest BCUT2D eigenvalue weighted by molar-refractivity contribution is -0.115. The molecule has 1 atom stereocenters. The number of thioether (sulfide) groups is 1. The Bertz CT molecular complexity index is 1820. The largest absolute Gasteiger partial charge is 0.493 e. The number of ether oxygens (including phenoxy) is 4. The predicted octanol–water partition coefficient (Wildman–Crippen LogP) is 5.37. The fourth-order valence-corrected chi connectivity index (χ4v) is 6.60. The Balaban J connectivity index is 1.59. The number of carbonyl (C=O) groups excluding carboxylic acids is 4. The van der Waals surface area contributed by atoms with Crippen LogP contribution in [0.25, 0.3) is 5.69 Å². The van der Waals surface area contributed by atoms with E-state index in [2.05, 4.69) is 20.8 Å². The first-order valence-electron chi connectivity index (χ1n) is 15.0. The molecule has 0 aliphatic heterocycles. The van der Waals surface area contributed by atoms with Gasteiger partial charge in [0.1, 0.15) is 9.88 Å². The molecule has 0 saturated carbocycles. The summed E-state index contributed by atoms with van der Waals surface area (Å²) in [5.41, 5.74) is 2.56. The zero-order chi connectivity index (χ0) is 35.0. The van der Waals surface area contributed by atoms with Crippen molar-refractivity contribution in [3.05, 3.63) is 75.4 Å². The molecule has 2 N–H and O–H groups in total. The predicted molar refractivity (Wildman–Crippen MR) is 182 cm³/mol. The Morgan fingerprint density at radius 1 is 0.938 bits per heavy atom. The number of thiophene rings is 1. The van der Waals surface area contributed by atoms with Crippen molar-refractivity contribution in [2.24, 2.45) is 0 Å². The van der Waals surface area contributed by atoms with E-state index in [0.29, 0.717) is 33.6 Å². The second kappa shape index (κ2) is 16.3. The molecule has 0 aliphatic carbocycles. The van der Waals surface area contributed by atoms with Gasteiger partial charge in [-0.15, -0.1) is 21.5 Å². The molecule has 0 aliphatic rings. The highest BCUT2D eigenvalue weighted by molar-refractivity contribution is 8.00. The maximum atomic E-state index is 13.5. The molecule has 4 aromatic rings. The quantitative estimate of drug-likeness (QED) is 0.129. The first-order valence-corrected chi connectivity index (χ1v) is 16.7. The topological polar surface area (TPSA) is 160 Å². The van der Waals surface area contributed by atoms with Crippen LogP contribution in [0.15, 0.2) is 47.6 Å². The molecule has 13 nitrogen and oxygen atoms in total. The van der Waals surface area contributed by atoms with Gasteiger partial charge in [-0.25, -0.2) is 9.59 Å². The van der Waals surface area contributed by atoms with Crippen LogP contribution in [-0.4, -0.2) is 71.2 Å². The van der Waals surface area contributed by atoms with Crippen molar-refractivity contribution in [3.63, 3.8) is 0 Å². The normalized spacial score (nSPS) is 11.4. The minimum Gasteiger partial charge on any atom is -0.493 e. The number of carbonyl (C=O) groups is 4. The monoisotopic (exact) mass is 695 g/mol. The van der Waals surface area contributed by atoms with Crippen LogP contribution in [0.4, 0.5) is 5.00 Å². The van der Waals surface area contributed by atoms with E-state index in [1.165, 1.54) is 14.2 Å². The molecule has 2 aromatic heterocycles. The Morgan fingerprint density at radius 2 is 1.65 bits per heavy atom. The standard InChI is InChI=1S/C33H37N5O8S2/c1-8-45-31(41)26-19(4)27(32(42)46-9-2)48-30(26)35-28(39)20(5)47-33-37-36-25(38(33)22-12-10-11-18(3)15-22)17-34-29(40)21-13-14-23(43-6)24(16-21)44-7/h10-16,20H,8-9,17H2,1-7H3,(H,34,40)(H,35,39). The number of rotatable bonds is 14. The fourth-order valence-electron chi connectivity index (χ4n) is 4.62. The van der Waals surface area contributed by atoms with E-state index in [0.717, 1.165) is 34.3 Å². The van der Waals surface area contributed by atoms with Gasteiger partial charge in [0.05, 0.1) is 44.8 Å². The zero-order valence-corrected chi connectivity index (χ0v) is 29.3. The van der Waals surface area contributed by atoms with Crippen molar-refractivity contribution >= 4 is 51.9 Å². The number of amides is 2. The lowest BCUT2D eigenvalue weighted by Crippen LogP contribution is -2.25. The van der Waals surface area contributed by atoms with Crippen LogP contribution in [0.1, 0.15) is 68.1 Å². The van der Waals surface area contributed by atoms with Crippen LogP contribution in [0.3, 0.4) is 0 Å². The molecule has 0 saturated heterocycles. The van der Waals surface area contributed by atoms with E-state index >= 15 is 0 Å². The van der Waals surface area contributed by atoms with E-state index in [1.54, 1.807) is 50.5 Å². The second-order valence-electron chi connectivity index (χ2n) is 10.3. The maximum absolute atomic E-state index is 13.5. The van der Waals surface area contributed by atoms with Gasteiger partial charge in [-0.05, 0) is 76.1 Å². The number of benzene rings is 2. The molecule has 4 rings (SSSR count). The Hall–Kier alpha value is -4.89. The van der Waals surface area contributed by atoms with Crippen molar-refractivity contribution in [2.45, 2.75) is 51.6 Å². The molecule has 2 aromatic carbocycles.